The normalized spacial score (nSPS) is 10.2. The van der Waals surface area contributed by atoms with Gasteiger partial charge in [-0.3, -0.25) is 15.6 Å². The Morgan fingerprint density at radius 2 is 2.05 bits per heavy atom. The molecule has 2 rings (SSSR count). The molecule has 1 amide bonds. The van der Waals surface area contributed by atoms with Crippen LogP contribution in [0.3, 0.4) is 0 Å². The number of nitrogens with one attached hydrogen (secondary N) is 2. The number of hydrogen-bond donors (Lipinski definition) is 3. The Labute approximate surface area is 130 Å². The average molecular weight is 320 g/mol. The zero-order chi connectivity index (χ0) is 16.1. The molecule has 0 saturated heterocycles. The molecule has 0 atom stereocenters. The number of aromatic nitrogens is 1. The summed E-state index contributed by atoms with van der Waals surface area (Å²) in [6.07, 6.45) is 0.150. The van der Waals surface area contributed by atoms with Crippen LogP contribution in [0.25, 0.3) is 0 Å². The summed E-state index contributed by atoms with van der Waals surface area (Å²) < 4.78 is 5.95. The van der Waals surface area contributed by atoms with E-state index in [1.54, 1.807) is 6.92 Å². The molecule has 7 nitrogen and oxygen atoms in total. The topological polar surface area (TPSA) is 110 Å². The minimum absolute atomic E-state index is 0.00476. The van der Waals surface area contributed by atoms with Gasteiger partial charge in [-0.15, -0.1) is 0 Å². The molecule has 22 heavy (non-hydrogen) atoms. The van der Waals surface area contributed by atoms with Gasteiger partial charge in [0.25, 0.3) is 0 Å². The summed E-state index contributed by atoms with van der Waals surface area (Å²) >= 11 is 0.853. The van der Waals surface area contributed by atoms with Crippen molar-refractivity contribution in [3.63, 3.8) is 0 Å². The van der Waals surface area contributed by atoms with Gasteiger partial charge in [0.2, 0.25) is 10.7 Å². The van der Waals surface area contributed by atoms with Crippen molar-refractivity contribution in [3.05, 3.63) is 45.6 Å². The lowest BCUT2D eigenvalue weighted by Gasteiger charge is -2.08. The molecule has 0 aliphatic rings. The summed E-state index contributed by atoms with van der Waals surface area (Å²) in [4.78, 5) is 23.8. The van der Waals surface area contributed by atoms with Crippen LogP contribution < -0.4 is 16.0 Å². The van der Waals surface area contributed by atoms with E-state index in [1.165, 1.54) is 0 Å². The van der Waals surface area contributed by atoms with Gasteiger partial charge >= 0.3 is 5.97 Å². The zero-order valence-corrected chi connectivity index (χ0v) is 12.8. The van der Waals surface area contributed by atoms with E-state index in [2.05, 4.69) is 5.43 Å². The highest BCUT2D eigenvalue weighted by Gasteiger charge is 2.19. The van der Waals surface area contributed by atoms with Gasteiger partial charge in [0.05, 0.1) is 13.0 Å². The lowest BCUT2D eigenvalue weighted by Crippen LogP contribution is -2.32. The minimum Gasteiger partial charge on any atom is -0.462 e. The molecule has 8 heteroatoms. The Kier molecular flexibility index (Phi) is 4.95. The molecule has 1 heterocycles. The predicted octanol–water partition coefficient (Wildman–Crippen LogP) is 1.10. The Hall–Kier alpha value is -2.61. The van der Waals surface area contributed by atoms with Crippen LogP contribution in [-0.4, -0.2) is 23.2 Å². The first-order chi connectivity index (χ1) is 10.5. The third kappa shape index (κ3) is 3.53. The van der Waals surface area contributed by atoms with Gasteiger partial charge in [-0.25, -0.2) is 9.47 Å². The van der Waals surface area contributed by atoms with Crippen molar-refractivity contribution >= 4 is 29.0 Å². The zero-order valence-electron chi connectivity index (χ0n) is 12.0. The molecular formula is C14H16N4O3S. The summed E-state index contributed by atoms with van der Waals surface area (Å²) in [5, 5.41) is 7.81. The lowest BCUT2D eigenvalue weighted by molar-refractivity contribution is -0.116. The maximum atomic E-state index is 12.0. The Balaban J connectivity index is 2.14. The monoisotopic (exact) mass is 320 g/mol. The molecule has 0 aliphatic carbocycles. The number of nitrogens with two attached hydrogens (primary N) is 1. The van der Waals surface area contributed by atoms with Gasteiger partial charge < -0.3 is 10.5 Å². The largest absolute Gasteiger partial charge is 0.462 e. The molecule has 2 aromatic rings. The van der Waals surface area contributed by atoms with Crippen LogP contribution in [0.2, 0.25) is 0 Å². The van der Waals surface area contributed by atoms with Crippen molar-refractivity contribution in [2.75, 3.05) is 17.8 Å². The third-order valence-corrected chi connectivity index (χ3v) is 3.74. The smallest absolute Gasteiger partial charge is 0.352 e. The van der Waals surface area contributed by atoms with E-state index in [9.17, 15) is 9.59 Å². The number of hydrogen-bond acceptors (Lipinski definition) is 6. The second kappa shape index (κ2) is 6.90. The standard InChI is InChI=1S/C14H16N4O3S/c1-2-21-13(20)11-12(15)18(14(16)22-11)17-10(19)8-9-6-4-3-5-7-9/h3-7,16H,2,8,15H2,1H3,(H,17,19). The quantitative estimate of drug-likeness (QED) is 0.716. The number of anilines is 1. The molecule has 0 radical (unpaired) electrons. The summed E-state index contributed by atoms with van der Waals surface area (Å²) in [5.41, 5.74) is 9.17. The first-order valence-corrected chi connectivity index (χ1v) is 7.41. The highest BCUT2D eigenvalue weighted by atomic mass is 32.1. The SMILES string of the molecule is CCOC(=O)c1sc(=N)n(NC(=O)Cc2ccccc2)c1N. The molecule has 0 spiro atoms. The summed E-state index contributed by atoms with van der Waals surface area (Å²) in [6.45, 7) is 1.89. The summed E-state index contributed by atoms with van der Waals surface area (Å²) in [7, 11) is 0. The summed E-state index contributed by atoms with van der Waals surface area (Å²) in [6, 6.07) is 9.19. The highest BCUT2D eigenvalue weighted by molar-refractivity contribution is 7.11. The van der Waals surface area contributed by atoms with Crippen molar-refractivity contribution in [1.29, 1.82) is 5.41 Å². The van der Waals surface area contributed by atoms with Gasteiger partial charge in [0.1, 0.15) is 0 Å². The molecule has 0 aliphatic heterocycles. The van der Waals surface area contributed by atoms with Crippen molar-refractivity contribution in [2.24, 2.45) is 0 Å². The Morgan fingerprint density at radius 1 is 1.36 bits per heavy atom. The second-order valence-electron chi connectivity index (χ2n) is 4.37. The Bertz CT molecular complexity index is 736. The fraction of sp³-hybridized carbons (Fsp3) is 0.214. The summed E-state index contributed by atoms with van der Waals surface area (Å²) in [5.74, 6) is -0.936. The first kappa shape index (κ1) is 15.8. The van der Waals surface area contributed by atoms with Crippen molar-refractivity contribution in [2.45, 2.75) is 13.3 Å². The number of benzene rings is 1. The highest BCUT2D eigenvalue weighted by Crippen LogP contribution is 2.15. The average Bonchev–Trinajstić information content (AvgIpc) is 2.77. The van der Waals surface area contributed by atoms with Crippen LogP contribution in [-0.2, 0) is 16.0 Å². The number of thiazole rings is 1. The number of rotatable bonds is 5. The number of amides is 1. The van der Waals surface area contributed by atoms with Gasteiger partial charge in [-0.2, -0.15) is 0 Å². The fourth-order valence-electron chi connectivity index (χ4n) is 1.80. The van der Waals surface area contributed by atoms with E-state index in [0.29, 0.717) is 0 Å². The van der Waals surface area contributed by atoms with E-state index in [-0.39, 0.29) is 34.4 Å². The number of carbonyl (C=O) groups is 2. The third-order valence-electron chi connectivity index (χ3n) is 2.78. The maximum Gasteiger partial charge on any atom is 0.352 e. The van der Waals surface area contributed by atoms with Crippen molar-refractivity contribution in [1.82, 2.24) is 4.68 Å². The minimum atomic E-state index is -0.602. The van der Waals surface area contributed by atoms with Crippen LogP contribution in [0.5, 0.6) is 0 Å². The predicted molar refractivity (Wildman–Crippen MR) is 83.0 cm³/mol. The molecule has 4 N–H and O–H groups in total. The lowest BCUT2D eigenvalue weighted by atomic mass is 10.1. The van der Waals surface area contributed by atoms with Crippen LogP contribution in [0.15, 0.2) is 30.3 Å². The van der Waals surface area contributed by atoms with Gasteiger partial charge in [0, 0.05) is 0 Å². The van der Waals surface area contributed by atoms with Gasteiger partial charge in [0.15, 0.2) is 10.7 Å². The maximum absolute atomic E-state index is 12.0. The second-order valence-corrected chi connectivity index (χ2v) is 5.37. The van der Waals surface area contributed by atoms with E-state index in [1.807, 2.05) is 30.3 Å². The van der Waals surface area contributed by atoms with Gasteiger partial charge in [-0.1, -0.05) is 41.7 Å². The number of esters is 1. The van der Waals surface area contributed by atoms with E-state index in [0.717, 1.165) is 21.6 Å². The molecule has 116 valence electrons. The van der Waals surface area contributed by atoms with Gasteiger partial charge in [-0.05, 0) is 12.5 Å². The fourth-order valence-corrected chi connectivity index (χ4v) is 2.57. The molecule has 0 saturated carbocycles. The van der Waals surface area contributed by atoms with E-state index >= 15 is 0 Å². The molecule has 0 unspecified atom stereocenters. The van der Waals surface area contributed by atoms with E-state index in [4.69, 9.17) is 15.9 Å². The van der Waals surface area contributed by atoms with Crippen LogP contribution in [0.4, 0.5) is 5.82 Å². The van der Waals surface area contributed by atoms with Crippen molar-refractivity contribution < 1.29 is 14.3 Å². The van der Waals surface area contributed by atoms with Crippen LogP contribution in [0, 0.1) is 5.41 Å². The number of carbonyl (C=O) groups excluding carboxylic acids is 2. The van der Waals surface area contributed by atoms with E-state index < -0.39 is 5.97 Å². The Morgan fingerprint density at radius 3 is 2.68 bits per heavy atom. The number of nitrogens with zero attached hydrogens (tertiary/aromatic N) is 1. The molecule has 0 bridgehead atoms. The molecule has 1 aromatic carbocycles. The number of nitrogen functional groups attached to an aromatic ring is 1. The molecular weight excluding hydrogens is 304 g/mol. The molecule has 1 aromatic heterocycles. The van der Waals surface area contributed by atoms with Crippen molar-refractivity contribution in [3.8, 4) is 0 Å². The van der Waals surface area contributed by atoms with Crippen LogP contribution in [0.1, 0.15) is 22.2 Å². The first-order valence-electron chi connectivity index (χ1n) is 6.59. The van der Waals surface area contributed by atoms with Crippen LogP contribution >= 0.6 is 11.3 Å². The number of ether oxygens (including phenoxy) is 1. The molecule has 0 fully saturated rings.